The van der Waals surface area contributed by atoms with E-state index in [1.54, 1.807) is 6.20 Å². The number of carbonyl (C=O) groups is 1. The predicted octanol–water partition coefficient (Wildman–Crippen LogP) is 4.41. The van der Waals surface area contributed by atoms with Crippen LogP contribution in [0.3, 0.4) is 0 Å². The monoisotopic (exact) mass is 352 g/mol. The first-order chi connectivity index (χ1) is 9.66. The lowest BCUT2D eigenvalue weighted by Crippen LogP contribution is -2.30. The van der Waals surface area contributed by atoms with Gasteiger partial charge < -0.3 is 9.88 Å². The molecule has 1 aliphatic heterocycles. The summed E-state index contributed by atoms with van der Waals surface area (Å²) in [4.78, 5) is 17.5. The fraction of sp³-hybridized carbons (Fsp3) is 0.267. The molecular formula is C15H14BrClN2O. The van der Waals surface area contributed by atoms with Crippen molar-refractivity contribution in [3.63, 3.8) is 0 Å². The number of rotatable bonds is 2. The van der Waals surface area contributed by atoms with Gasteiger partial charge in [-0.15, -0.1) is 0 Å². The van der Waals surface area contributed by atoms with Crippen LogP contribution in [0.25, 0.3) is 0 Å². The second-order valence-corrected chi connectivity index (χ2v) is 6.23. The predicted molar refractivity (Wildman–Crippen MR) is 83.0 cm³/mol. The molecule has 1 unspecified atom stereocenters. The lowest BCUT2D eigenvalue weighted by atomic mass is 10.0. The van der Waals surface area contributed by atoms with E-state index >= 15 is 0 Å². The number of nitrogens with one attached hydrogen (secondary N) is 1. The van der Waals surface area contributed by atoms with E-state index in [1.165, 1.54) is 0 Å². The average molecular weight is 354 g/mol. The van der Waals surface area contributed by atoms with Gasteiger partial charge in [0, 0.05) is 22.2 Å². The Morgan fingerprint density at radius 2 is 2.20 bits per heavy atom. The normalized spacial score (nSPS) is 18.5. The second-order valence-electron chi connectivity index (χ2n) is 4.91. The molecule has 104 valence electrons. The molecule has 1 aliphatic rings. The Kier molecular flexibility index (Phi) is 3.85. The summed E-state index contributed by atoms with van der Waals surface area (Å²) >= 11 is 9.63. The molecule has 0 bridgehead atoms. The first-order valence-electron chi connectivity index (χ1n) is 6.56. The van der Waals surface area contributed by atoms with Crippen molar-refractivity contribution in [3.05, 3.63) is 57.3 Å². The van der Waals surface area contributed by atoms with E-state index in [0.717, 1.165) is 34.4 Å². The van der Waals surface area contributed by atoms with Gasteiger partial charge in [-0.1, -0.05) is 29.8 Å². The molecule has 1 atom stereocenters. The Morgan fingerprint density at radius 3 is 2.90 bits per heavy atom. The van der Waals surface area contributed by atoms with E-state index < -0.39 is 0 Å². The molecule has 1 fully saturated rings. The van der Waals surface area contributed by atoms with Gasteiger partial charge in [0.25, 0.3) is 5.91 Å². The van der Waals surface area contributed by atoms with E-state index in [-0.39, 0.29) is 11.9 Å². The summed E-state index contributed by atoms with van der Waals surface area (Å²) in [5.74, 6) is 0.0260. The quantitative estimate of drug-likeness (QED) is 0.853. The average Bonchev–Trinajstić information content (AvgIpc) is 3.07. The van der Waals surface area contributed by atoms with E-state index in [4.69, 9.17) is 11.6 Å². The highest BCUT2D eigenvalue weighted by Crippen LogP contribution is 2.36. The van der Waals surface area contributed by atoms with Gasteiger partial charge in [0.2, 0.25) is 0 Å². The third-order valence-corrected chi connectivity index (χ3v) is 4.46. The molecule has 20 heavy (non-hydrogen) atoms. The number of nitrogens with zero attached hydrogens (tertiary/aromatic N) is 1. The van der Waals surface area contributed by atoms with Crippen molar-refractivity contribution in [2.75, 3.05) is 6.54 Å². The zero-order valence-corrected chi connectivity index (χ0v) is 13.1. The van der Waals surface area contributed by atoms with Gasteiger partial charge in [-0.2, -0.15) is 0 Å². The SMILES string of the molecule is O=C(c1cc(Br)c[nH]1)N1CCCC1c1ccccc1Cl. The van der Waals surface area contributed by atoms with Crippen molar-refractivity contribution in [2.45, 2.75) is 18.9 Å². The zero-order valence-electron chi connectivity index (χ0n) is 10.8. The highest BCUT2D eigenvalue weighted by atomic mass is 79.9. The Hall–Kier alpha value is -1.26. The maximum atomic E-state index is 12.6. The Labute approximate surface area is 131 Å². The molecule has 3 rings (SSSR count). The maximum Gasteiger partial charge on any atom is 0.270 e. The number of aromatic nitrogens is 1. The van der Waals surface area contributed by atoms with Crippen LogP contribution in [0.2, 0.25) is 5.02 Å². The van der Waals surface area contributed by atoms with Crippen molar-refractivity contribution in [1.29, 1.82) is 0 Å². The lowest BCUT2D eigenvalue weighted by molar-refractivity contribution is 0.0730. The molecule has 1 aromatic heterocycles. The van der Waals surface area contributed by atoms with E-state index in [9.17, 15) is 4.79 Å². The first-order valence-corrected chi connectivity index (χ1v) is 7.73. The van der Waals surface area contributed by atoms with Gasteiger partial charge in [-0.25, -0.2) is 0 Å². The van der Waals surface area contributed by atoms with Gasteiger partial charge in [0.1, 0.15) is 5.69 Å². The summed E-state index contributed by atoms with van der Waals surface area (Å²) in [6.07, 6.45) is 3.73. The molecule has 2 aromatic rings. The van der Waals surface area contributed by atoms with Crippen molar-refractivity contribution >= 4 is 33.4 Å². The largest absolute Gasteiger partial charge is 0.356 e. The van der Waals surface area contributed by atoms with Crippen LogP contribution >= 0.6 is 27.5 Å². The molecule has 2 heterocycles. The summed E-state index contributed by atoms with van der Waals surface area (Å²) in [5.41, 5.74) is 1.64. The number of H-pyrrole nitrogens is 1. The van der Waals surface area contributed by atoms with E-state index in [2.05, 4.69) is 20.9 Å². The molecule has 3 nitrogen and oxygen atoms in total. The van der Waals surface area contributed by atoms with Crippen molar-refractivity contribution in [3.8, 4) is 0 Å². The molecule has 0 saturated carbocycles. The van der Waals surface area contributed by atoms with Gasteiger partial charge in [-0.05, 0) is 46.5 Å². The number of aromatic amines is 1. The van der Waals surface area contributed by atoms with Gasteiger partial charge in [0.15, 0.2) is 0 Å². The van der Waals surface area contributed by atoms with Crippen LogP contribution in [0, 0.1) is 0 Å². The lowest BCUT2D eigenvalue weighted by Gasteiger charge is -2.25. The minimum absolute atomic E-state index is 0.0260. The third-order valence-electron chi connectivity index (χ3n) is 3.66. The molecule has 0 spiro atoms. The number of benzene rings is 1. The molecular weight excluding hydrogens is 340 g/mol. The molecule has 5 heteroatoms. The summed E-state index contributed by atoms with van der Waals surface area (Å²) in [6.45, 7) is 0.769. The van der Waals surface area contributed by atoms with E-state index in [1.807, 2.05) is 35.2 Å². The summed E-state index contributed by atoms with van der Waals surface area (Å²) < 4.78 is 0.884. The zero-order chi connectivity index (χ0) is 14.1. The fourth-order valence-electron chi connectivity index (χ4n) is 2.72. The minimum atomic E-state index is 0.0260. The molecule has 1 N–H and O–H groups in total. The van der Waals surface area contributed by atoms with Crippen LogP contribution in [0.5, 0.6) is 0 Å². The van der Waals surface area contributed by atoms with Crippen molar-refractivity contribution in [2.24, 2.45) is 0 Å². The minimum Gasteiger partial charge on any atom is -0.356 e. The molecule has 1 amide bonds. The van der Waals surface area contributed by atoms with Gasteiger partial charge >= 0.3 is 0 Å². The van der Waals surface area contributed by atoms with E-state index in [0.29, 0.717) is 5.69 Å². The summed E-state index contributed by atoms with van der Waals surface area (Å²) in [5, 5.41) is 0.727. The van der Waals surface area contributed by atoms with Crippen LogP contribution in [-0.4, -0.2) is 22.3 Å². The number of halogens is 2. The highest BCUT2D eigenvalue weighted by Gasteiger charge is 2.32. The van der Waals surface area contributed by atoms with Gasteiger partial charge in [-0.3, -0.25) is 4.79 Å². The van der Waals surface area contributed by atoms with Crippen molar-refractivity contribution in [1.82, 2.24) is 9.88 Å². The van der Waals surface area contributed by atoms with Crippen LogP contribution in [0.4, 0.5) is 0 Å². The van der Waals surface area contributed by atoms with Crippen molar-refractivity contribution < 1.29 is 4.79 Å². The summed E-state index contributed by atoms with van der Waals surface area (Å²) in [6, 6.07) is 9.64. The maximum absolute atomic E-state index is 12.6. The van der Waals surface area contributed by atoms with Crippen LogP contribution < -0.4 is 0 Å². The molecule has 1 aromatic carbocycles. The Bertz CT molecular complexity index is 640. The molecule has 0 radical (unpaired) electrons. The number of amides is 1. The second kappa shape index (κ2) is 5.62. The van der Waals surface area contributed by atoms with Crippen LogP contribution in [-0.2, 0) is 0 Å². The molecule has 1 saturated heterocycles. The molecule has 0 aliphatic carbocycles. The van der Waals surface area contributed by atoms with Gasteiger partial charge in [0.05, 0.1) is 6.04 Å². The number of carbonyl (C=O) groups excluding carboxylic acids is 1. The highest BCUT2D eigenvalue weighted by molar-refractivity contribution is 9.10. The topological polar surface area (TPSA) is 36.1 Å². The smallest absolute Gasteiger partial charge is 0.270 e. The number of hydrogen-bond donors (Lipinski definition) is 1. The standard InChI is InChI=1S/C15H14BrClN2O/c16-10-8-13(18-9-10)15(20)19-7-3-6-14(19)11-4-1-2-5-12(11)17/h1-2,4-5,8-9,14,18H,3,6-7H2. The summed E-state index contributed by atoms with van der Waals surface area (Å²) in [7, 11) is 0. The Morgan fingerprint density at radius 1 is 1.40 bits per heavy atom. The first kappa shape index (κ1) is 13.7. The number of likely N-dealkylation sites (tertiary alicyclic amines) is 1. The Balaban J connectivity index is 1.90. The number of hydrogen-bond acceptors (Lipinski definition) is 1. The van der Waals surface area contributed by atoms with Crippen LogP contribution in [0.1, 0.15) is 34.9 Å². The fourth-order valence-corrected chi connectivity index (χ4v) is 3.33. The van der Waals surface area contributed by atoms with Crippen LogP contribution in [0.15, 0.2) is 41.0 Å². The third kappa shape index (κ3) is 2.50.